The molecule has 0 radical (unpaired) electrons. The molecule has 3 aromatic rings. The van der Waals surface area contributed by atoms with Gasteiger partial charge in [-0.05, 0) is 36.4 Å². The molecule has 1 N–H and O–H groups in total. The number of hydrogen-bond acceptors (Lipinski definition) is 5. The van der Waals surface area contributed by atoms with E-state index in [1.54, 1.807) is 19.4 Å². The molecule has 6 nitrogen and oxygen atoms in total. The normalized spacial score (nSPS) is 10.6. The van der Waals surface area contributed by atoms with Gasteiger partial charge in [0, 0.05) is 12.6 Å². The van der Waals surface area contributed by atoms with Gasteiger partial charge in [0.15, 0.2) is 5.16 Å². The van der Waals surface area contributed by atoms with Crippen LogP contribution in [-0.4, -0.2) is 28.3 Å². The lowest BCUT2D eigenvalue weighted by molar-refractivity contribution is -0.118. The lowest BCUT2D eigenvalue weighted by Crippen LogP contribution is -2.24. The Morgan fingerprint density at radius 1 is 1.32 bits per heavy atom. The van der Waals surface area contributed by atoms with Crippen LogP contribution in [0.4, 0.5) is 0 Å². The van der Waals surface area contributed by atoms with E-state index in [2.05, 4.69) is 10.3 Å². The first kappa shape index (κ1) is 17.2. The second-order valence-electron chi connectivity index (χ2n) is 5.36. The summed E-state index contributed by atoms with van der Waals surface area (Å²) < 4.78 is 12.3. The topological polar surface area (TPSA) is 69.3 Å². The number of rotatable bonds is 7. The fourth-order valence-corrected chi connectivity index (χ4v) is 3.12. The van der Waals surface area contributed by atoms with Crippen molar-refractivity contribution in [3.63, 3.8) is 0 Å². The van der Waals surface area contributed by atoms with Crippen LogP contribution in [0.5, 0.6) is 5.75 Å². The minimum Gasteiger partial charge on any atom is -0.497 e. The van der Waals surface area contributed by atoms with Gasteiger partial charge >= 0.3 is 0 Å². The SMILES string of the molecule is COc1ccc(-c2cnc(SCC(=O)NCc3ccco3)n2C)cc1. The van der Waals surface area contributed by atoms with Crippen LogP contribution in [0, 0.1) is 0 Å². The van der Waals surface area contributed by atoms with Gasteiger partial charge in [0.2, 0.25) is 5.91 Å². The number of benzene rings is 1. The number of imidazole rings is 1. The maximum atomic E-state index is 11.9. The molecule has 0 fully saturated rings. The van der Waals surface area contributed by atoms with Gasteiger partial charge in [0.25, 0.3) is 0 Å². The quantitative estimate of drug-likeness (QED) is 0.658. The van der Waals surface area contributed by atoms with E-state index in [1.807, 2.05) is 48.1 Å². The number of thioether (sulfide) groups is 1. The second-order valence-corrected chi connectivity index (χ2v) is 6.30. The molecule has 1 amide bonds. The highest BCUT2D eigenvalue weighted by atomic mass is 32.2. The van der Waals surface area contributed by atoms with Crippen LogP contribution in [0.25, 0.3) is 11.3 Å². The van der Waals surface area contributed by atoms with Gasteiger partial charge in [-0.25, -0.2) is 4.98 Å². The summed E-state index contributed by atoms with van der Waals surface area (Å²) in [6.07, 6.45) is 3.40. The number of carbonyl (C=O) groups excluding carboxylic acids is 1. The first-order valence-electron chi connectivity index (χ1n) is 7.75. The van der Waals surface area contributed by atoms with Crippen molar-refractivity contribution in [2.75, 3.05) is 12.9 Å². The highest BCUT2D eigenvalue weighted by molar-refractivity contribution is 7.99. The van der Waals surface area contributed by atoms with E-state index < -0.39 is 0 Å². The van der Waals surface area contributed by atoms with E-state index in [0.29, 0.717) is 12.3 Å². The summed E-state index contributed by atoms with van der Waals surface area (Å²) in [7, 11) is 3.58. The first-order chi connectivity index (χ1) is 12.2. The second kappa shape index (κ2) is 7.94. The molecule has 0 unspecified atom stereocenters. The molecule has 2 aromatic heterocycles. The molecular formula is C18H19N3O3S. The third kappa shape index (κ3) is 4.24. The number of carbonyl (C=O) groups is 1. The smallest absolute Gasteiger partial charge is 0.230 e. The third-order valence-corrected chi connectivity index (χ3v) is 4.75. The van der Waals surface area contributed by atoms with Crippen molar-refractivity contribution in [1.29, 1.82) is 0 Å². The van der Waals surface area contributed by atoms with Gasteiger partial charge in [-0.15, -0.1) is 0 Å². The minimum atomic E-state index is -0.0598. The molecule has 0 bridgehead atoms. The van der Waals surface area contributed by atoms with Gasteiger partial charge in [-0.3, -0.25) is 4.79 Å². The van der Waals surface area contributed by atoms with Gasteiger partial charge in [0.1, 0.15) is 11.5 Å². The van der Waals surface area contributed by atoms with Crippen LogP contribution in [0.1, 0.15) is 5.76 Å². The summed E-state index contributed by atoms with van der Waals surface area (Å²) in [4.78, 5) is 16.4. The van der Waals surface area contributed by atoms with Crippen molar-refractivity contribution in [2.24, 2.45) is 7.05 Å². The Balaban J connectivity index is 1.58. The highest BCUT2D eigenvalue weighted by Gasteiger charge is 2.11. The Bertz CT molecular complexity index is 826. The lowest BCUT2D eigenvalue weighted by Gasteiger charge is -2.07. The summed E-state index contributed by atoms with van der Waals surface area (Å²) in [5, 5.41) is 3.61. The standard InChI is InChI=1S/C18H19N3O3S/c1-21-16(13-5-7-14(23-2)8-6-13)11-20-18(21)25-12-17(22)19-10-15-4-3-9-24-15/h3-9,11H,10,12H2,1-2H3,(H,19,22). The van der Waals surface area contributed by atoms with Crippen molar-refractivity contribution in [3.8, 4) is 17.0 Å². The zero-order chi connectivity index (χ0) is 17.6. The Labute approximate surface area is 150 Å². The van der Waals surface area contributed by atoms with Crippen molar-refractivity contribution in [3.05, 3.63) is 54.6 Å². The van der Waals surface area contributed by atoms with E-state index in [1.165, 1.54) is 11.8 Å². The van der Waals surface area contributed by atoms with Gasteiger partial charge < -0.3 is 19.0 Å². The van der Waals surface area contributed by atoms with E-state index >= 15 is 0 Å². The summed E-state index contributed by atoms with van der Waals surface area (Å²) in [6.45, 7) is 0.393. The summed E-state index contributed by atoms with van der Waals surface area (Å²) in [5.41, 5.74) is 2.03. The van der Waals surface area contributed by atoms with E-state index in [0.717, 1.165) is 27.9 Å². The molecule has 25 heavy (non-hydrogen) atoms. The van der Waals surface area contributed by atoms with Crippen molar-refractivity contribution in [2.45, 2.75) is 11.7 Å². The largest absolute Gasteiger partial charge is 0.497 e. The van der Waals surface area contributed by atoms with Gasteiger partial charge in [0.05, 0.1) is 37.6 Å². The predicted molar refractivity (Wildman–Crippen MR) is 96.5 cm³/mol. The molecule has 0 saturated carbocycles. The average molecular weight is 357 g/mol. The maximum absolute atomic E-state index is 11.9. The molecule has 0 aliphatic carbocycles. The Morgan fingerprint density at radius 3 is 2.80 bits per heavy atom. The molecular weight excluding hydrogens is 338 g/mol. The number of methoxy groups -OCH3 is 1. The fourth-order valence-electron chi connectivity index (χ4n) is 2.34. The fraction of sp³-hybridized carbons (Fsp3) is 0.222. The van der Waals surface area contributed by atoms with Crippen LogP contribution in [-0.2, 0) is 18.4 Å². The van der Waals surface area contributed by atoms with Crippen molar-refractivity contribution >= 4 is 17.7 Å². The molecule has 0 saturated heterocycles. The molecule has 7 heteroatoms. The van der Waals surface area contributed by atoms with E-state index in [4.69, 9.17) is 9.15 Å². The summed E-state index contributed by atoms with van der Waals surface area (Å²) >= 11 is 1.40. The van der Waals surface area contributed by atoms with Gasteiger partial charge in [-0.1, -0.05) is 11.8 Å². The van der Waals surface area contributed by atoms with Crippen LogP contribution < -0.4 is 10.1 Å². The Morgan fingerprint density at radius 2 is 2.12 bits per heavy atom. The molecule has 0 atom stereocenters. The summed E-state index contributed by atoms with van der Waals surface area (Å²) in [5.74, 6) is 1.79. The number of ether oxygens (including phenoxy) is 1. The van der Waals surface area contributed by atoms with Crippen LogP contribution in [0.15, 0.2) is 58.4 Å². The van der Waals surface area contributed by atoms with E-state index in [9.17, 15) is 4.79 Å². The van der Waals surface area contributed by atoms with Crippen LogP contribution >= 0.6 is 11.8 Å². The predicted octanol–water partition coefficient (Wildman–Crippen LogP) is 3.10. The molecule has 0 aliphatic rings. The number of nitrogens with zero attached hydrogens (tertiary/aromatic N) is 2. The monoisotopic (exact) mass is 357 g/mol. The lowest BCUT2D eigenvalue weighted by atomic mass is 10.1. The van der Waals surface area contributed by atoms with E-state index in [-0.39, 0.29) is 5.91 Å². The maximum Gasteiger partial charge on any atom is 0.230 e. The number of hydrogen-bond donors (Lipinski definition) is 1. The van der Waals surface area contributed by atoms with Crippen molar-refractivity contribution < 1.29 is 13.9 Å². The first-order valence-corrected chi connectivity index (χ1v) is 8.74. The zero-order valence-electron chi connectivity index (χ0n) is 14.1. The summed E-state index contributed by atoms with van der Waals surface area (Å²) in [6, 6.07) is 11.4. The van der Waals surface area contributed by atoms with Gasteiger partial charge in [-0.2, -0.15) is 0 Å². The molecule has 0 spiro atoms. The number of furan rings is 1. The molecule has 0 aliphatic heterocycles. The average Bonchev–Trinajstić information content (AvgIpc) is 3.28. The molecule has 2 heterocycles. The van der Waals surface area contributed by atoms with Crippen LogP contribution in [0.2, 0.25) is 0 Å². The highest BCUT2D eigenvalue weighted by Crippen LogP contribution is 2.26. The molecule has 130 valence electrons. The number of nitrogens with one attached hydrogen (secondary N) is 1. The molecule has 1 aromatic carbocycles. The zero-order valence-corrected chi connectivity index (χ0v) is 14.9. The third-order valence-electron chi connectivity index (χ3n) is 3.70. The molecule has 3 rings (SSSR count). The van der Waals surface area contributed by atoms with Crippen LogP contribution in [0.3, 0.4) is 0 Å². The minimum absolute atomic E-state index is 0.0598. The van der Waals surface area contributed by atoms with Crippen molar-refractivity contribution in [1.82, 2.24) is 14.9 Å². The Kier molecular flexibility index (Phi) is 5.45. The number of amides is 1. The number of aromatic nitrogens is 2. The Hall–Kier alpha value is -2.67.